The zero-order valence-electron chi connectivity index (χ0n) is 10.2. The summed E-state index contributed by atoms with van der Waals surface area (Å²) in [6.07, 6.45) is 0. The minimum absolute atomic E-state index is 0.262. The van der Waals surface area contributed by atoms with Crippen LogP contribution in [0, 0.1) is 5.82 Å². The van der Waals surface area contributed by atoms with Crippen LogP contribution in [0.3, 0.4) is 0 Å². The fourth-order valence-corrected chi connectivity index (χ4v) is 1.57. The summed E-state index contributed by atoms with van der Waals surface area (Å²) in [5, 5.41) is 5.30. The predicted octanol–water partition coefficient (Wildman–Crippen LogP) is 2.73. The molecule has 2 aromatic carbocycles. The first kappa shape index (κ1) is 12.9. The van der Waals surface area contributed by atoms with Gasteiger partial charge in [0.1, 0.15) is 5.82 Å². The molecule has 4 N–H and O–H groups in total. The molecule has 0 heterocycles. The van der Waals surface area contributed by atoms with Gasteiger partial charge in [0.05, 0.1) is 0 Å². The molecule has 0 saturated carbocycles. The molecule has 0 radical (unpaired) electrons. The van der Waals surface area contributed by atoms with Crippen molar-refractivity contribution in [3.8, 4) is 0 Å². The molecule has 0 spiro atoms. The Morgan fingerprint density at radius 3 is 2.58 bits per heavy atom. The molecule has 0 bridgehead atoms. The van der Waals surface area contributed by atoms with Crippen molar-refractivity contribution in [3.63, 3.8) is 0 Å². The Labute approximate surface area is 110 Å². The Morgan fingerprint density at radius 2 is 1.89 bits per heavy atom. The molecule has 0 aliphatic heterocycles. The van der Waals surface area contributed by atoms with Crippen LogP contribution >= 0.6 is 0 Å². The summed E-state index contributed by atoms with van der Waals surface area (Å²) < 4.78 is 12.9. The van der Waals surface area contributed by atoms with Gasteiger partial charge in [-0.25, -0.2) is 9.18 Å². The van der Waals surface area contributed by atoms with E-state index < -0.39 is 0 Å². The molecule has 0 aliphatic carbocycles. The molecule has 98 valence electrons. The number of rotatable bonds is 3. The number of nitrogen functional groups attached to an aromatic ring is 1. The van der Waals surface area contributed by atoms with Gasteiger partial charge < -0.3 is 16.4 Å². The lowest BCUT2D eigenvalue weighted by molar-refractivity contribution is 0.251. The first-order chi connectivity index (χ1) is 9.13. The molecule has 0 fully saturated rings. The Hall–Kier alpha value is -2.56. The lowest BCUT2D eigenvalue weighted by atomic mass is 10.2. The van der Waals surface area contributed by atoms with E-state index in [1.54, 1.807) is 36.4 Å². The summed E-state index contributed by atoms with van der Waals surface area (Å²) in [5.74, 6) is -0.321. The third-order valence-corrected chi connectivity index (χ3v) is 2.51. The van der Waals surface area contributed by atoms with Gasteiger partial charge in [0, 0.05) is 17.9 Å². The maximum Gasteiger partial charge on any atom is 0.319 e. The van der Waals surface area contributed by atoms with Crippen LogP contribution in [0.5, 0.6) is 0 Å². The van der Waals surface area contributed by atoms with E-state index in [1.165, 1.54) is 12.1 Å². The van der Waals surface area contributed by atoms with Crippen molar-refractivity contribution in [1.82, 2.24) is 5.32 Å². The molecule has 0 aliphatic rings. The zero-order chi connectivity index (χ0) is 13.7. The summed E-state index contributed by atoms with van der Waals surface area (Å²) in [6.45, 7) is 0.262. The van der Waals surface area contributed by atoms with E-state index in [0.717, 1.165) is 0 Å². The van der Waals surface area contributed by atoms with Crippen molar-refractivity contribution < 1.29 is 9.18 Å². The third kappa shape index (κ3) is 3.99. The normalized spacial score (nSPS) is 9.95. The molecule has 2 aromatic rings. The largest absolute Gasteiger partial charge is 0.399 e. The molecule has 0 unspecified atom stereocenters. The second-order valence-corrected chi connectivity index (χ2v) is 4.06. The van der Waals surface area contributed by atoms with Gasteiger partial charge in [-0.3, -0.25) is 0 Å². The minimum Gasteiger partial charge on any atom is -0.399 e. The summed E-state index contributed by atoms with van der Waals surface area (Å²) in [7, 11) is 0. The first-order valence-electron chi connectivity index (χ1n) is 5.78. The number of anilines is 2. The average Bonchev–Trinajstić information content (AvgIpc) is 2.39. The third-order valence-electron chi connectivity index (χ3n) is 2.51. The van der Waals surface area contributed by atoms with Crippen LogP contribution in [0.1, 0.15) is 5.56 Å². The molecular formula is C14H14FN3O. The highest BCUT2D eigenvalue weighted by atomic mass is 19.1. The highest BCUT2D eigenvalue weighted by Crippen LogP contribution is 2.10. The van der Waals surface area contributed by atoms with E-state index in [0.29, 0.717) is 16.9 Å². The van der Waals surface area contributed by atoms with Crippen molar-refractivity contribution in [2.24, 2.45) is 0 Å². The van der Waals surface area contributed by atoms with E-state index in [-0.39, 0.29) is 18.4 Å². The predicted molar refractivity (Wildman–Crippen MR) is 73.1 cm³/mol. The Kier molecular flexibility index (Phi) is 3.97. The molecular weight excluding hydrogens is 245 g/mol. The SMILES string of the molecule is Nc1ccc(NC(=O)NCc2cccc(F)c2)cc1. The lowest BCUT2D eigenvalue weighted by Crippen LogP contribution is -2.28. The second-order valence-electron chi connectivity index (χ2n) is 4.06. The molecule has 0 saturated heterocycles. The Morgan fingerprint density at radius 1 is 1.16 bits per heavy atom. The maximum atomic E-state index is 12.9. The number of halogens is 1. The van der Waals surface area contributed by atoms with Crippen LogP contribution in [-0.2, 0) is 6.54 Å². The zero-order valence-corrected chi connectivity index (χ0v) is 10.2. The smallest absolute Gasteiger partial charge is 0.319 e. The molecule has 2 amide bonds. The van der Waals surface area contributed by atoms with Gasteiger partial charge in [-0.15, -0.1) is 0 Å². The number of carbonyl (C=O) groups is 1. The van der Waals surface area contributed by atoms with Gasteiger partial charge in [0.15, 0.2) is 0 Å². The van der Waals surface area contributed by atoms with E-state index in [1.807, 2.05) is 0 Å². The molecule has 19 heavy (non-hydrogen) atoms. The van der Waals surface area contributed by atoms with Gasteiger partial charge in [-0.2, -0.15) is 0 Å². The van der Waals surface area contributed by atoms with Gasteiger partial charge in [0.2, 0.25) is 0 Å². The van der Waals surface area contributed by atoms with Crippen molar-refractivity contribution >= 4 is 17.4 Å². The van der Waals surface area contributed by atoms with Crippen LogP contribution in [0.2, 0.25) is 0 Å². The van der Waals surface area contributed by atoms with Crippen molar-refractivity contribution in [2.75, 3.05) is 11.1 Å². The summed E-state index contributed by atoms with van der Waals surface area (Å²) in [6, 6.07) is 12.5. The molecule has 0 atom stereocenters. The van der Waals surface area contributed by atoms with Crippen LogP contribution < -0.4 is 16.4 Å². The number of nitrogens with two attached hydrogens (primary N) is 1. The van der Waals surface area contributed by atoms with Gasteiger partial charge in [-0.05, 0) is 42.0 Å². The Bertz CT molecular complexity index is 569. The van der Waals surface area contributed by atoms with Gasteiger partial charge in [0.25, 0.3) is 0 Å². The summed E-state index contributed by atoms with van der Waals surface area (Å²) in [4.78, 5) is 11.6. The second kappa shape index (κ2) is 5.86. The van der Waals surface area contributed by atoms with E-state index in [4.69, 9.17) is 5.73 Å². The molecule has 2 rings (SSSR count). The summed E-state index contributed by atoms with van der Waals surface area (Å²) in [5.41, 5.74) is 7.52. The first-order valence-corrected chi connectivity index (χ1v) is 5.78. The van der Waals surface area contributed by atoms with E-state index >= 15 is 0 Å². The molecule has 0 aromatic heterocycles. The number of hydrogen-bond donors (Lipinski definition) is 3. The van der Waals surface area contributed by atoms with Crippen LogP contribution in [0.15, 0.2) is 48.5 Å². The van der Waals surface area contributed by atoms with E-state index in [9.17, 15) is 9.18 Å². The number of hydrogen-bond acceptors (Lipinski definition) is 2. The summed E-state index contributed by atoms with van der Waals surface area (Å²) >= 11 is 0. The fourth-order valence-electron chi connectivity index (χ4n) is 1.57. The van der Waals surface area contributed by atoms with Crippen LogP contribution in [0.25, 0.3) is 0 Å². The van der Waals surface area contributed by atoms with Gasteiger partial charge >= 0.3 is 6.03 Å². The monoisotopic (exact) mass is 259 g/mol. The van der Waals surface area contributed by atoms with Gasteiger partial charge in [-0.1, -0.05) is 12.1 Å². The molecule has 5 heteroatoms. The highest BCUT2D eigenvalue weighted by molar-refractivity contribution is 5.89. The van der Waals surface area contributed by atoms with Crippen LogP contribution in [0.4, 0.5) is 20.6 Å². The standard InChI is InChI=1S/C14H14FN3O/c15-11-3-1-2-10(8-11)9-17-14(19)18-13-6-4-12(16)5-7-13/h1-8H,9,16H2,(H2,17,18,19). The van der Waals surface area contributed by atoms with Crippen molar-refractivity contribution in [3.05, 3.63) is 59.9 Å². The lowest BCUT2D eigenvalue weighted by Gasteiger charge is -2.08. The highest BCUT2D eigenvalue weighted by Gasteiger charge is 2.02. The quantitative estimate of drug-likeness (QED) is 0.742. The van der Waals surface area contributed by atoms with Crippen molar-refractivity contribution in [2.45, 2.75) is 6.54 Å². The maximum absolute atomic E-state index is 12.9. The van der Waals surface area contributed by atoms with Crippen molar-refractivity contribution in [1.29, 1.82) is 0 Å². The van der Waals surface area contributed by atoms with Crippen LogP contribution in [-0.4, -0.2) is 6.03 Å². The number of nitrogens with one attached hydrogen (secondary N) is 2. The molecule has 4 nitrogen and oxygen atoms in total. The number of benzene rings is 2. The number of amides is 2. The topological polar surface area (TPSA) is 67.1 Å². The Balaban J connectivity index is 1.86. The van der Waals surface area contributed by atoms with E-state index in [2.05, 4.69) is 10.6 Å². The fraction of sp³-hybridized carbons (Fsp3) is 0.0714. The average molecular weight is 259 g/mol. The number of carbonyl (C=O) groups excluding carboxylic acids is 1. The minimum atomic E-state index is -0.353. The number of urea groups is 1.